The molecule has 6 nitrogen and oxygen atoms in total. The van der Waals surface area contributed by atoms with Crippen LogP contribution < -0.4 is 15.7 Å². The van der Waals surface area contributed by atoms with Gasteiger partial charge in [0.1, 0.15) is 5.75 Å². The number of para-hydroxylation sites is 3. The number of fused-ring (bicyclic) bond motifs is 1. The zero-order valence-electron chi connectivity index (χ0n) is 13.7. The highest BCUT2D eigenvalue weighted by Crippen LogP contribution is 2.28. The van der Waals surface area contributed by atoms with Crippen LogP contribution in [0.2, 0.25) is 5.02 Å². The Balaban J connectivity index is 1.71. The fourth-order valence-corrected chi connectivity index (χ4v) is 2.91. The molecule has 2 aromatic heterocycles. The lowest BCUT2D eigenvalue weighted by molar-refractivity contribution is 0.417. The standard InChI is InChI=1S/C19H14ClN3O3/c1-25-16-8-3-2-7-14(16)22-19-21-10-15(23-19)12-9-11-5-4-6-13(20)17(11)26-18(12)24/h2-10H,1H3,(H2,21,22,23). The maximum absolute atomic E-state index is 12.3. The number of anilines is 2. The number of imidazole rings is 1. The van der Waals surface area contributed by atoms with Crippen molar-refractivity contribution >= 4 is 34.2 Å². The molecular formula is C19H14ClN3O3. The van der Waals surface area contributed by atoms with E-state index < -0.39 is 5.63 Å². The Morgan fingerprint density at radius 1 is 1.19 bits per heavy atom. The molecule has 0 fully saturated rings. The second-order valence-corrected chi connectivity index (χ2v) is 5.97. The summed E-state index contributed by atoms with van der Waals surface area (Å²) < 4.78 is 10.7. The van der Waals surface area contributed by atoms with Gasteiger partial charge in [0.25, 0.3) is 0 Å². The Kier molecular flexibility index (Phi) is 4.10. The lowest BCUT2D eigenvalue weighted by atomic mass is 10.1. The molecule has 0 bridgehead atoms. The molecule has 0 unspecified atom stereocenters. The third-order valence-electron chi connectivity index (χ3n) is 3.93. The Hall–Kier alpha value is -3.25. The fraction of sp³-hybridized carbons (Fsp3) is 0.0526. The van der Waals surface area contributed by atoms with Crippen LogP contribution in [0.3, 0.4) is 0 Å². The number of halogens is 1. The highest BCUT2D eigenvalue weighted by Gasteiger charge is 2.13. The minimum Gasteiger partial charge on any atom is -0.495 e. The van der Waals surface area contributed by atoms with Crippen molar-refractivity contribution in [1.29, 1.82) is 0 Å². The highest BCUT2D eigenvalue weighted by molar-refractivity contribution is 6.34. The van der Waals surface area contributed by atoms with E-state index in [-0.39, 0.29) is 0 Å². The van der Waals surface area contributed by atoms with Gasteiger partial charge in [-0.2, -0.15) is 0 Å². The lowest BCUT2D eigenvalue weighted by Gasteiger charge is -2.08. The van der Waals surface area contributed by atoms with Crippen LogP contribution in [0.1, 0.15) is 0 Å². The molecule has 0 aliphatic rings. The number of nitrogens with one attached hydrogen (secondary N) is 2. The molecule has 2 aromatic carbocycles. The van der Waals surface area contributed by atoms with Gasteiger partial charge in [0.05, 0.1) is 29.1 Å². The number of methoxy groups -OCH3 is 1. The minimum absolute atomic E-state index is 0.351. The smallest absolute Gasteiger partial charge is 0.345 e. The first kappa shape index (κ1) is 16.2. The summed E-state index contributed by atoms with van der Waals surface area (Å²) in [5, 5.41) is 4.26. The van der Waals surface area contributed by atoms with Crippen molar-refractivity contribution in [1.82, 2.24) is 9.97 Å². The molecule has 0 radical (unpaired) electrons. The van der Waals surface area contributed by atoms with E-state index in [2.05, 4.69) is 15.3 Å². The van der Waals surface area contributed by atoms with Crippen LogP contribution in [0, 0.1) is 0 Å². The van der Waals surface area contributed by atoms with Crippen molar-refractivity contribution in [2.45, 2.75) is 0 Å². The molecule has 0 saturated heterocycles. The monoisotopic (exact) mass is 367 g/mol. The van der Waals surface area contributed by atoms with Crippen molar-refractivity contribution in [3.05, 3.63) is 70.2 Å². The Morgan fingerprint density at radius 2 is 2.04 bits per heavy atom. The van der Waals surface area contributed by atoms with E-state index in [1.807, 2.05) is 30.3 Å². The van der Waals surface area contributed by atoms with E-state index in [0.717, 1.165) is 11.1 Å². The SMILES string of the molecule is COc1ccccc1Nc1nc(-c2cc3cccc(Cl)c3oc2=O)c[nH]1. The van der Waals surface area contributed by atoms with Crippen molar-refractivity contribution in [3.8, 4) is 17.0 Å². The first-order valence-corrected chi connectivity index (χ1v) is 8.21. The quantitative estimate of drug-likeness (QED) is 0.516. The number of aromatic nitrogens is 2. The highest BCUT2D eigenvalue weighted by atomic mass is 35.5. The summed E-state index contributed by atoms with van der Waals surface area (Å²) in [7, 11) is 1.60. The summed E-state index contributed by atoms with van der Waals surface area (Å²) >= 11 is 6.07. The molecule has 0 spiro atoms. The van der Waals surface area contributed by atoms with Gasteiger partial charge in [0.15, 0.2) is 5.58 Å². The van der Waals surface area contributed by atoms with Crippen LogP contribution in [0.5, 0.6) is 5.75 Å². The maximum Gasteiger partial charge on any atom is 0.345 e. The molecule has 7 heteroatoms. The van der Waals surface area contributed by atoms with Gasteiger partial charge in [-0.15, -0.1) is 0 Å². The van der Waals surface area contributed by atoms with E-state index >= 15 is 0 Å². The second-order valence-electron chi connectivity index (χ2n) is 5.57. The van der Waals surface area contributed by atoms with Crippen molar-refractivity contribution in [3.63, 3.8) is 0 Å². The summed E-state index contributed by atoms with van der Waals surface area (Å²) in [6.45, 7) is 0. The minimum atomic E-state index is -0.499. The van der Waals surface area contributed by atoms with E-state index in [9.17, 15) is 4.79 Å². The molecule has 0 saturated carbocycles. The van der Waals surface area contributed by atoms with E-state index in [1.165, 1.54) is 0 Å². The Bertz CT molecular complexity index is 1150. The molecule has 0 atom stereocenters. The first-order valence-electron chi connectivity index (χ1n) is 7.84. The number of hydrogen-bond donors (Lipinski definition) is 2. The van der Waals surface area contributed by atoms with Crippen molar-refractivity contribution < 1.29 is 9.15 Å². The normalized spacial score (nSPS) is 10.8. The Morgan fingerprint density at radius 3 is 2.88 bits per heavy atom. The van der Waals surface area contributed by atoms with Gasteiger partial charge in [-0.3, -0.25) is 0 Å². The van der Waals surface area contributed by atoms with Crippen LogP contribution in [0.15, 0.2) is 63.9 Å². The summed E-state index contributed by atoms with van der Waals surface area (Å²) in [5.41, 5.74) is 1.45. The van der Waals surface area contributed by atoms with Gasteiger partial charge >= 0.3 is 5.63 Å². The molecule has 0 aliphatic heterocycles. The van der Waals surface area contributed by atoms with Crippen LogP contribution >= 0.6 is 11.6 Å². The molecule has 130 valence electrons. The average Bonchev–Trinajstić information content (AvgIpc) is 3.11. The first-order chi connectivity index (χ1) is 12.7. The number of rotatable bonds is 4. The summed E-state index contributed by atoms with van der Waals surface area (Å²) in [4.78, 5) is 19.8. The van der Waals surface area contributed by atoms with Gasteiger partial charge in [-0.25, -0.2) is 9.78 Å². The molecule has 0 aliphatic carbocycles. The van der Waals surface area contributed by atoms with E-state index in [1.54, 1.807) is 31.5 Å². The van der Waals surface area contributed by atoms with Crippen LogP contribution in [-0.2, 0) is 0 Å². The lowest BCUT2D eigenvalue weighted by Crippen LogP contribution is -2.03. The maximum atomic E-state index is 12.3. The fourth-order valence-electron chi connectivity index (χ4n) is 2.69. The number of hydrogen-bond acceptors (Lipinski definition) is 5. The van der Waals surface area contributed by atoms with Crippen molar-refractivity contribution in [2.75, 3.05) is 12.4 Å². The molecule has 2 N–H and O–H groups in total. The summed E-state index contributed by atoms with van der Waals surface area (Å²) in [6, 6.07) is 14.5. The Labute approximate surface area is 153 Å². The summed E-state index contributed by atoms with van der Waals surface area (Å²) in [6.07, 6.45) is 1.64. The molecule has 4 rings (SSSR count). The average molecular weight is 368 g/mol. The number of aromatic amines is 1. The van der Waals surface area contributed by atoms with Crippen LogP contribution in [0.25, 0.3) is 22.2 Å². The molecule has 26 heavy (non-hydrogen) atoms. The molecule has 2 heterocycles. The zero-order valence-corrected chi connectivity index (χ0v) is 14.5. The van der Waals surface area contributed by atoms with Gasteiger partial charge in [-0.05, 0) is 24.3 Å². The van der Waals surface area contributed by atoms with Crippen LogP contribution in [-0.4, -0.2) is 17.1 Å². The predicted octanol–water partition coefficient (Wildman–Crippen LogP) is 4.59. The van der Waals surface area contributed by atoms with Gasteiger partial charge < -0.3 is 19.5 Å². The second kappa shape index (κ2) is 6.57. The largest absolute Gasteiger partial charge is 0.495 e. The van der Waals surface area contributed by atoms with Gasteiger partial charge in [0.2, 0.25) is 5.95 Å². The topological polar surface area (TPSA) is 80.2 Å². The zero-order chi connectivity index (χ0) is 18.1. The molecular weight excluding hydrogens is 354 g/mol. The number of benzene rings is 2. The molecule has 4 aromatic rings. The van der Waals surface area contributed by atoms with Gasteiger partial charge in [0, 0.05) is 11.6 Å². The van der Waals surface area contributed by atoms with E-state index in [4.69, 9.17) is 20.8 Å². The third kappa shape index (κ3) is 2.91. The summed E-state index contributed by atoms with van der Waals surface area (Å²) in [5.74, 6) is 1.17. The predicted molar refractivity (Wildman–Crippen MR) is 101 cm³/mol. The van der Waals surface area contributed by atoms with Crippen LogP contribution in [0.4, 0.5) is 11.6 Å². The number of H-pyrrole nitrogens is 1. The number of ether oxygens (including phenoxy) is 1. The number of nitrogens with zero attached hydrogens (tertiary/aromatic N) is 1. The van der Waals surface area contributed by atoms with Crippen molar-refractivity contribution in [2.24, 2.45) is 0 Å². The van der Waals surface area contributed by atoms with E-state index in [0.29, 0.717) is 33.6 Å². The molecule has 0 amide bonds. The van der Waals surface area contributed by atoms with Gasteiger partial charge in [-0.1, -0.05) is 35.9 Å². The third-order valence-corrected chi connectivity index (χ3v) is 4.22.